The molecule has 1 unspecified atom stereocenters. The molecule has 196 valence electrons. The van der Waals surface area contributed by atoms with E-state index in [-0.39, 0.29) is 33.0 Å². The van der Waals surface area contributed by atoms with Gasteiger partial charge < -0.3 is 0 Å². The predicted octanol–water partition coefficient (Wildman–Crippen LogP) is 7.87. The molecule has 0 saturated carbocycles. The zero-order valence-electron chi connectivity index (χ0n) is 17.9. The van der Waals surface area contributed by atoms with Crippen LogP contribution in [0.1, 0.15) is 33.0 Å². The first-order chi connectivity index (χ1) is 17.2. The van der Waals surface area contributed by atoms with Crippen LogP contribution in [0.3, 0.4) is 0 Å². The Labute approximate surface area is 219 Å². The van der Waals surface area contributed by atoms with Gasteiger partial charge in [-0.25, -0.2) is 9.37 Å². The van der Waals surface area contributed by atoms with E-state index >= 15 is 0 Å². The Morgan fingerprint density at radius 2 is 1.62 bits per heavy atom. The number of carbonyl (C=O) groups excluding carboxylic acids is 1. The average molecular weight is 588 g/mol. The highest BCUT2D eigenvalue weighted by atomic mass is 35.5. The first-order valence-corrected chi connectivity index (χ1v) is 10.9. The number of hydrazine groups is 1. The van der Waals surface area contributed by atoms with E-state index in [4.69, 9.17) is 34.8 Å². The van der Waals surface area contributed by atoms with Crippen LogP contribution in [0.25, 0.3) is 5.83 Å². The topological polar surface area (TPSA) is 66.9 Å². The van der Waals surface area contributed by atoms with Crippen molar-refractivity contribution in [2.75, 3.05) is 5.43 Å². The third-order valence-electron chi connectivity index (χ3n) is 4.74. The molecule has 0 saturated heterocycles. The number of alkyl halides is 6. The van der Waals surface area contributed by atoms with E-state index in [0.29, 0.717) is 6.07 Å². The lowest BCUT2D eigenvalue weighted by molar-refractivity contribution is -0.140. The normalized spacial score (nSPS) is 13.3. The number of nitrogens with zero attached hydrogens (tertiary/aromatic N) is 2. The first kappa shape index (κ1) is 28.5. The molecule has 0 fully saturated rings. The Morgan fingerprint density at radius 3 is 2.16 bits per heavy atom. The third-order valence-corrected chi connectivity index (χ3v) is 5.94. The van der Waals surface area contributed by atoms with Crippen LogP contribution in [-0.4, -0.2) is 22.1 Å². The van der Waals surface area contributed by atoms with Gasteiger partial charge in [0.15, 0.2) is 5.82 Å². The Bertz CT molecular complexity index is 1310. The van der Waals surface area contributed by atoms with Gasteiger partial charge in [0.25, 0.3) is 5.91 Å². The van der Waals surface area contributed by atoms with Crippen molar-refractivity contribution in [3.63, 3.8) is 0 Å². The van der Waals surface area contributed by atoms with Crippen LogP contribution in [0, 0.1) is 0 Å². The Morgan fingerprint density at radius 1 is 0.973 bits per heavy atom. The molecule has 0 aliphatic heterocycles. The molecule has 1 aromatic heterocycles. The van der Waals surface area contributed by atoms with E-state index in [1.165, 1.54) is 18.6 Å². The van der Waals surface area contributed by atoms with Crippen LogP contribution in [-0.2, 0) is 6.18 Å². The molecule has 0 bridgehead atoms. The van der Waals surface area contributed by atoms with Gasteiger partial charge in [-0.05, 0) is 35.9 Å². The fraction of sp³-hybridized carbons (Fsp3) is 0.136. The molecule has 3 rings (SSSR count). The molecule has 1 amide bonds. The van der Waals surface area contributed by atoms with Crippen LogP contribution < -0.4 is 10.9 Å². The predicted molar refractivity (Wildman–Crippen MR) is 124 cm³/mol. The molecule has 2 N–H and O–H groups in total. The number of aromatic nitrogens is 2. The van der Waals surface area contributed by atoms with Gasteiger partial charge in [0.1, 0.15) is 11.7 Å². The second-order valence-electron chi connectivity index (χ2n) is 7.26. The van der Waals surface area contributed by atoms with E-state index in [9.17, 15) is 35.5 Å². The highest BCUT2D eigenvalue weighted by Crippen LogP contribution is 2.42. The molecule has 5 nitrogen and oxygen atoms in total. The lowest BCUT2D eigenvalue weighted by atomic mass is 9.95. The van der Waals surface area contributed by atoms with Crippen LogP contribution in [0.15, 0.2) is 55.0 Å². The molecule has 0 aliphatic rings. The minimum atomic E-state index is -5.16. The van der Waals surface area contributed by atoms with Crippen molar-refractivity contribution in [3.05, 3.63) is 92.3 Å². The smallest absolute Gasteiger partial charge is 0.280 e. The third kappa shape index (κ3) is 7.02. The molecule has 3 aromatic rings. The standard InChI is InChI=1S/C22H12Cl3F7N4O/c23-15-6-11(7-16(24)19(15)25)13(21(27,28)29)8-17(26)10-1-2-12(14(5-10)22(30,31)32)20(37)36-35-18-9-33-3-4-34-18/h1-9,13H,(H,34,35)(H,36,37). The van der Waals surface area contributed by atoms with Crippen molar-refractivity contribution in [1.82, 2.24) is 15.4 Å². The van der Waals surface area contributed by atoms with Gasteiger partial charge in [0.2, 0.25) is 0 Å². The van der Waals surface area contributed by atoms with Crippen LogP contribution in [0.5, 0.6) is 0 Å². The summed E-state index contributed by atoms with van der Waals surface area (Å²) in [6.07, 6.45) is -6.42. The number of hydrogen-bond acceptors (Lipinski definition) is 4. The quantitative estimate of drug-likeness (QED) is 0.175. The molecule has 15 heteroatoms. The van der Waals surface area contributed by atoms with Gasteiger partial charge in [0.05, 0.1) is 32.4 Å². The maximum atomic E-state index is 14.9. The summed E-state index contributed by atoms with van der Waals surface area (Å²) in [5.41, 5.74) is 0.266. The number of nitrogens with one attached hydrogen (secondary N) is 2. The summed E-state index contributed by atoms with van der Waals surface area (Å²) in [5, 5.41) is -0.899. The molecule has 1 atom stereocenters. The van der Waals surface area contributed by atoms with E-state index in [2.05, 4.69) is 15.4 Å². The van der Waals surface area contributed by atoms with Crippen molar-refractivity contribution in [2.24, 2.45) is 0 Å². The Hall–Kier alpha value is -3.09. The molecule has 0 aliphatic carbocycles. The molecule has 0 radical (unpaired) electrons. The number of rotatable bonds is 6. The highest BCUT2D eigenvalue weighted by Gasteiger charge is 2.41. The average Bonchev–Trinajstić information content (AvgIpc) is 2.83. The first-order valence-electron chi connectivity index (χ1n) is 9.81. The lowest BCUT2D eigenvalue weighted by Crippen LogP contribution is -2.31. The minimum Gasteiger partial charge on any atom is -0.280 e. The zero-order chi connectivity index (χ0) is 27.5. The fourth-order valence-corrected chi connectivity index (χ4v) is 3.67. The number of halogens is 10. The van der Waals surface area contributed by atoms with E-state index < -0.39 is 52.3 Å². The van der Waals surface area contributed by atoms with Gasteiger partial charge in [-0.3, -0.25) is 20.6 Å². The maximum absolute atomic E-state index is 14.9. The van der Waals surface area contributed by atoms with Gasteiger partial charge in [0, 0.05) is 18.0 Å². The summed E-state index contributed by atoms with van der Waals surface area (Å²) in [7, 11) is 0. The Balaban J connectivity index is 1.99. The maximum Gasteiger partial charge on any atom is 0.417 e. The summed E-state index contributed by atoms with van der Waals surface area (Å²) >= 11 is 17.3. The summed E-state index contributed by atoms with van der Waals surface area (Å²) in [5.74, 6) is -5.53. The SMILES string of the molecule is O=C(NNc1cnccn1)c1ccc(C(F)=CC(c2cc(Cl)c(Cl)c(Cl)c2)C(F)(F)F)cc1C(F)(F)F. The van der Waals surface area contributed by atoms with Crippen LogP contribution in [0.2, 0.25) is 15.1 Å². The fourth-order valence-electron chi connectivity index (χ4n) is 3.05. The number of amides is 1. The van der Waals surface area contributed by atoms with Crippen LogP contribution >= 0.6 is 34.8 Å². The number of benzene rings is 2. The van der Waals surface area contributed by atoms with E-state index in [1.54, 1.807) is 0 Å². The summed E-state index contributed by atoms with van der Waals surface area (Å²) < 4.78 is 97.1. The minimum absolute atomic E-state index is 0.00982. The van der Waals surface area contributed by atoms with Gasteiger partial charge in [-0.15, -0.1) is 0 Å². The molecule has 0 spiro atoms. The largest absolute Gasteiger partial charge is 0.417 e. The highest BCUT2D eigenvalue weighted by molar-refractivity contribution is 6.48. The monoisotopic (exact) mass is 586 g/mol. The molecular formula is C22H12Cl3F7N4O. The number of carbonyl (C=O) groups is 1. The summed E-state index contributed by atoms with van der Waals surface area (Å²) in [4.78, 5) is 19.8. The van der Waals surface area contributed by atoms with Crippen molar-refractivity contribution < 1.29 is 35.5 Å². The summed E-state index contributed by atoms with van der Waals surface area (Å²) in [6.45, 7) is 0. The lowest BCUT2D eigenvalue weighted by Gasteiger charge is -2.19. The van der Waals surface area contributed by atoms with Crippen LogP contribution in [0.4, 0.5) is 36.6 Å². The molecule has 1 heterocycles. The second kappa shape index (κ2) is 11.1. The molecule has 37 heavy (non-hydrogen) atoms. The molecular weight excluding hydrogens is 576 g/mol. The van der Waals surface area contributed by atoms with Gasteiger partial charge in [-0.2, -0.15) is 26.3 Å². The Kier molecular flexibility index (Phi) is 8.56. The molecule has 2 aromatic carbocycles. The van der Waals surface area contributed by atoms with Crippen molar-refractivity contribution in [2.45, 2.75) is 18.3 Å². The van der Waals surface area contributed by atoms with Crippen molar-refractivity contribution >= 4 is 52.4 Å². The van der Waals surface area contributed by atoms with Gasteiger partial charge in [-0.1, -0.05) is 40.9 Å². The van der Waals surface area contributed by atoms with Crippen molar-refractivity contribution in [3.8, 4) is 0 Å². The van der Waals surface area contributed by atoms with E-state index in [1.807, 2.05) is 5.43 Å². The van der Waals surface area contributed by atoms with Crippen molar-refractivity contribution in [1.29, 1.82) is 0 Å². The number of hydrogen-bond donors (Lipinski definition) is 2. The number of allylic oxidation sites excluding steroid dienone is 1. The number of anilines is 1. The summed E-state index contributed by atoms with van der Waals surface area (Å²) in [6, 6.07) is 3.20. The van der Waals surface area contributed by atoms with E-state index in [0.717, 1.165) is 18.2 Å². The zero-order valence-corrected chi connectivity index (χ0v) is 20.1. The van der Waals surface area contributed by atoms with Gasteiger partial charge >= 0.3 is 12.4 Å². The second-order valence-corrected chi connectivity index (χ2v) is 8.45.